The van der Waals surface area contributed by atoms with Crippen molar-refractivity contribution >= 4 is 23.4 Å². The summed E-state index contributed by atoms with van der Waals surface area (Å²) in [5.41, 5.74) is 2.49. The van der Waals surface area contributed by atoms with Crippen LogP contribution < -0.4 is 10.1 Å². The minimum absolute atomic E-state index is 0.0473. The molecule has 0 bridgehead atoms. The van der Waals surface area contributed by atoms with Crippen molar-refractivity contribution in [3.8, 4) is 5.75 Å². The van der Waals surface area contributed by atoms with Crippen LogP contribution in [0.5, 0.6) is 5.75 Å². The molecule has 0 spiro atoms. The van der Waals surface area contributed by atoms with Gasteiger partial charge in [-0.25, -0.2) is 0 Å². The number of nitro benzene ring substituents is 1. The van der Waals surface area contributed by atoms with Crippen molar-refractivity contribution in [3.05, 3.63) is 69.3 Å². The first-order valence-electron chi connectivity index (χ1n) is 8.90. The molecule has 0 radical (unpaired) electrons. The molecule has 0 saturated carbocycles. The first kappa shape index (κ1) is 18.6. The number of nitrogens with zero attached hydrogens (tertiary/aromatic N) is 1. The topological polar surface area (TPSA) is 81.5 Å². The third kappa shape index (κ3) is 4.00. The highest BCUT2D eigenvalue weighted by atomic mass is 16.6. The van der Waals surface area contributed by atoms with Crippen molar-refractivity contribution in [2.75, 3.05) is 5.32 Å². The maximum atomic E-state index is 12.5. The van der Waals surface area contributed by atoms with E-state index in [1.165, 1.54) is 24.3 Å². The number of carbonyl (C=O) groups is 1. The van der Waals surface area contributed by atoms with Crippen LogP contribution in [0.15, 0.2) is 42.5 Å². The van der Waals surface area contributed by atoms with E-state index in [0.717, 1.165) is 29.7 Å². The molecule has 0 aromatic heterocycles. The van der Waals surface area contributed by atoms with Gasteiger partial charge in [-0.05, 0) is 56.2 Å². The van der Waals surface area contributed by atoms with Crippen molar-refractivity contribution in [1.29, 1.82) is 0 Å². The third-order valence-corrected chi connectivity index (χ3v) is 4.65. The largest absolute Gasteiger partial charge is 0.483 e. The number of benzene rings is 2. The van der Waals surface area contributed by atoms with Gasteiger partial charge in [-0.15, -0.1) is 0 Å². The lowest BCUT2D eigenvalue weighted by atomic mass is 9.94. The Kier molecular flexibility index (Phi) is 4.99. The second kappa shape index (κ2) is 7.23. The highest BCUT2D eigenvalue weighted by molar-refractivity contribution is 6.05. The summed E-state index contributed by atoms with van der Waals surface area (Å²) in [7, 11) is 0. The minimum atomic E-state index is -0.492. The summed E-state index contributed by atoms with van der Waals surface area (Å²) in [6.07, 6.45) is 6.03. The van der Waals surface area contributed by atoms with E-state index in [0.29, 0.717) is 11.3 Å². The van der Waals surface area contributed by atoms with Gasteiger partial charge in [0.15, 0.2) is 0 Å². The number of hydrogen-bond acceptors (Lipinski definition) is 4. The van der Waals surface area contributed by atoms with Crippen LogP contribution in [0.25, 0.3) is 6.08 Å². The lowest BCUT2D eigenvalue weighted by Crippen LogP contribution is -2.31. The van der Waals surface area contributed by atoms with Crippen LogP contribution in [0.4, 0.5) is 11.4 Å². The molecule has 0 aliphatic carbocycles. The van der Waals surface area contributed by atoms with Gasteiger partial charge in [0.1, 0.15) is 11.4 Å². The van der Waals surface area contributed by atoms with Crippen LogP contribution in [-0.4, -0.2) is 16.4 Å². The van der Waals surface area contributed by atoms with Crippen LogP contribution in [0.2, 0.25) is 0 Å². The fraction of sp³-hybridized carbons (Fsp3) is 0.286. The molecule has 6 nitrogen and oxygen atoms in total. The fourth-order valence-electron chi connectivity index (χ4n) is 3.16. The Bertz CT molecular complexity index is 919. The van der Waals surface area contributed by atoms with Crippen molar-refractivity contribution in [3.63, 3.8) is 0 Å². The maximum Gasteiger partial charge on any atom is 0.269 e. The molecule has 0 saturated heterocycles. The third-order valence-electron chi connectivity index (χ3n) is 4.65. The number of aryl methyl sites for hydroxylation is 1. The molecule has 27 heavy (non-hydrogen) atoms. The predicted octanol–water partition coefficient (Wildman–Crippen LogP) is 5.12. The summed E-state index contributed by atoms with van der Waals surface area (Å²) in [5, 5.41) is 13.6. The lowest BCUT2D eigenvalue weighted by molar-refractivity contribution is -0.384. The summed E-state index contributed by atoms with van der Waals surface area (Å²) in [4.78, 5) is 22.7. The van der Waals surface area contributed by atoms with Gasteiger partial charge in [0.05, 0.1) is 4.92 Å². The Morgan fingerprint density at radius 2 is 1.96 bits per heavy atom. The van der Waals surface area contributed by atoms with E-state index < -0.39 is 4.92 Å². The average molecular weight is 366 g/mol. The molecule has 1 unspecified atom stereocenters. The molecule has 1 N–H and O–H groups in total. The number of nitrogens with one attached hydrogen (secondary N) is 1. The van der Waals surface area contributed by atoms with Gasteiger partial charge >= 0.3 is 0 Å². The van der Waals surface area contributed by atoms with Gasteiger partial charge < -0.3 is 10.1 Å². The molecule has 140 valence electrons. The summed E-state index contributed by atoms with van der Waals surface area (Å²) in [6, 6.07) is 9.34. The molecular formula is C21H22N2O4. The van der Waals surface area contributed by atoms with Crippen molar-refractivity contribution in [1.82, 2.24) is 0 Å². The highest BCUT2D eigenvalue weighted by Crippen LogP contribution is 2.36. The normalized spacial score (nSPS) is 17.7. The van der Waals surface area contributed by atoms with Crippen molar-refractivity contribution in [2.45, 2.75) is 39.2 Å². The molecule has 2 aromatic carbocycles. The monoisotopic (exact) mass is 366 g/mol. The number of ether oxygens (including phenoxy) is 1. The van der Waals surface area contributed by atoms with Gasteiger partial charge in [0.2, 0.25) is 0 Å². The van der Waals surface area contributed by atoms with E-state index in [4.69, 9.17) is 4.74 Å². The number of nitro groups is 1. The molecular weight excluding hydrogens is 344 g/mol. The molecule has 3 rings (SSSR count). The van der Waals surface area contributed by atoms with Crippen LogP contribution >= 0.6 is 0 Å². The van der Waals surface area contributed by atoms with Crippen LogP contribution in [0, 0.1) is 17.0 Å². The summed E-state index contributed by atoms with van der Waals surface area (Å²) in [5.74, 6) is 0.490. The summed E-state index contributed by atoms with van der Waals surface area (Å²) >= 11 is 0. The summed E-state index contributed by atoms with van der Waals surface area (Å²) < 4.78 is 6.16. The number of hydrogen-bond donors (Lipinski definition) is 1. The Morgan fingerprint density at radius 3 is 2.59 bits per heavy atom. The Balaban J connectivity index is 1.81. The van der Waals surface area contributed by atoms with Crippen LogP contribution in [-0.2, 0) is 0 Å². The number of carbonyl (C=O) groups excluding carboxylic acids is 1. The smallest absolute Gasteiger partial charge is 0.269 e. The van der Waals surface area contributed by atoms with Gasteiger partial charge in [-0.1, -0.05) is 19.4 Å². The van der Waals surface area contributed by atoms with Crippen LogP contribution in [0.3, 0.4) is 0 Å². The zero-order valence-corrected chi connectivity index (χ0v) is 15.6. The Labute approximate surface area is 158 Å². The number of fused-ring (bicyclic) bond motifs is 1. The van der Waals surface area contributed by atoms with E-state index in [1.54, 1.807) is 0 Å². The number of amides is 1. The molecule has 2 aromatic rings. The molecule has 1 amide bonds. The van der Waals surface area contributed by atoms with Crippen molar-refractivity contribution < 1.29 is 14.5 Å². The predicted molar refractivity (Wildman–Crippen MR) is 105 cm³/mol. The van der Waals surface area contributed by atoms with E-state index in [9.17, 15) is 14.9 Å². The Morgan fingerprint density at radius 1 is 1.26 bits per heavy atom. The number of non-ortho nitro benzene ring substituents is 1. The lowest BCUT2D eigenvalue weighted by Gasteiger charge is -2.32. The zero-order valence-electron chi connectivity index (χ0n) is 15.6. The van der Waals surface area contributed by atoms with E-state index in [2.05, 4.69) is 25.2 Å². The molecule has 6 heteroatoms. The zero-order chi connectivity index (χ0) is 19.6. The first-order valence-corrected chi connectivity index (χ1v) is 8.90. The highest BCUT2D eigenvalue weighted by Gasteiger charge is 2.27. The van der Waals surface area contributed by atoms with E-state index >= 15 is 0 Å². The van der Waals surface area contributed by atoms with Gasteiger partial charge in [0, 0.05) is 28.9 Å². The molecule has 0 fully saturated rings. The van der Waals surface area contributed by atoms with Gasteiger partial charge in [-0.3, -0.25) is 14.9 Å². The van der Waals surface area contributed by atoms with E-state index in [1.807, 2.05) is 25.1 Å². The maximum absolute atomic E-state index is 12.5. The Hall–Kier alpha value is -3.15. The van der Waals surface area contributed by atoms with Crippen LogP contribution in [0.1, 0.15) is 48.2 Å². The van der Waals surface area contributed by atoms with E-state index in [-0.39, 0.29) is 17.2 Å². The quantitative estimate of drug-likeness (QED) is 0.588. The van der Waals surface area contributed by atoms with Gasteiger partial charge in [0.25, 0.3) is 11.6 Å². The molecule has 1 aliphatic heterocycles. The SMILES string of the molecule is CCCC1(C)C=Cc2cc(NC(=O)c3ccc([N+](=O)[O-])cc3)c(C)cc2O1. The number of rotatable bonds is 5. The van der Waals surface area contributed by atoms with Crippen molar-refractivity contribution in [2.24, 2.45) is 0 Å². The summed E-state index contributed by atoms with van der Waals surface area (Å²) in [6.45, 7) is 6.10. The second-order valence-corrected chi connectivity index (χ2v) is 6.96. The molecule has 1 aliphatic rings. The number of anilines is 1. The second-order valence-electron chi connectivity index (χ2n) is 6.96. The molecule has 1 atom stereocenters. The standard InChI is InChI=1S/C21H22N2O4/c1-4-10-21(3)11-9-16-13-18(14(2)12-19(16)27-21)22-20(24)15-5-7-17(8-6-15)23(25)26/h5-9,11-13H,4,10H2,1-3H3,(H,22,24). The first-order chi connectivity index (χ1) is 12.8. The average Bonchev–Trinajstić information content (AvgIpc) is 2.62. The van der Waals surface area contributed by atoms with Gasteiger partial charge in [-0.2, -0.15) is 0 Å². The minimum Gasteiger partial charge on any atom is -0.483 e. The fourth-order valence-corrected chi connectivity index (χ4v) is 3.16. The molecule has 1 heterocycles.